The summed E-state index contributed by atoms with van der Waals surface area (Å²) in [5, 5.41) is 8.53. The number of ether oxygens (including phenoxy) is 1. The van der Waals surface area contributed by atoms with E-state index in [0.29, 0.717) is 12.0 Å². The highest BCUT2D eigenvalue weighted by Gasteiger charge is 2.21. The van der Waals surface area contributed by atoms with Crippen LogP contribution in [0.2, 0.25) is 0 Å². The molecule has 1 fully saturated rings. The number of nitrogens with one attached hydrogen (secondary N) is 1. The van der Waals surface area contributed by atoms with Crippen molar-refractivity contribution in [2.24, 2.45) is 0 Å². The molecule has 1 saturated heterocycles. The summed E-state index contributed by atoms with van der Waals surface area (Å²) in [5.74, 6) is 1.54. The topological polar surface area (TPSA) is 54.7 Å². The second kappa shape index (κ2) is 7.07. The van der Waals surface area contributed by atoms with Gasteiger partial charge in [0.15, 0.2) is 5.65 Å². The first-order valence-electron chi connectivity index (χ1n) is 8.81. The van der Waals surface area contributed by atoms with Crippen LogP contribution in [0.3, 0.4) is 0 Å². The molecule has 3 heterocycles. The van der Waals surface area contributed by atoms with Gasteiger partial charge in [-0.2, -0.15) is 9.61 Å². The molecule has 3 rings (SSSR count). The summed E-state index contributed by atoms with van der Waals surface area (Å²) in [5.41, 5.74) is 4.29. The molecule has 0 unspecified atom stereocenters. The van der Waals surface area contributed by atoms with Gasteiger partial charge in [-0.3, -0.25) is 0 Å². The van der Waals surface area contributed by atoms with Crippen LogP contribution in [-0.4, -0.2) is 59.4 Å². The van der Waals surface area contributed by atoms with E-state index in [1.807, 2.05) is 4.52 Å². The van der Waals surface area contributed by atoms with Gasteiger partial charge in [-0.1, -0.05) is 0 Å². The predicted octanol–water partition coefficient (Wildman–Crippen LogP) is 2.60. The predicted molar refractivity (Wildman–Crippen MR) is 96.9 cm³/mol. The zero-order chi connectivity index (χ0) is 17.3. The Morgan fingerprint density at radius 3 is 2.71 bits per heavy atom. The first-order chi connectivity index (χ1) is 11.5. The van der Waals surface area contributed by atoms with Gasteiger partial charge in [0.05, 0.1) is 5.69 Å². The molecule has 0 amide bonds. The van der Waals surface area contributed by atoms with Crippen LogP contribution in [0.4, 0.5) is 5.82 Å². The van der Waals surface area contributed by atoms with Crippen LogP contribution in [0.15, 0.2) is 6.07 Å². The second-order valence-electron chi connectivity index (χ2n) is 7.20. The highest BCUT2D eigenvalue weighted by atomic mass is 16.5. The first-order valence-corrected chi connectivity index (χ1v) is 8.81. The molecule has 2 aromatic heterocycles. The molecule has 1 aliphatic rings. The molecule has 24 heavy (non-hydrogen) atoms. The summed E-state index contributed by atoms with van der Waals surface area (Å²) in [6.07, 6.45) is 2.09. The highest BCUT2D eigenvalue weighted by Crippen LogP contribution is 2.28. The number of likely N-dealkylation sites (N-methyl/N-ethyl adjacent to an activating group) is 1. The van der Waals surface area contributed by atoms with Gasteiger partial charge in [-0.25, -0.2) is 4.98 Å². The van der Waals surface area contributed by atoms with E-state index >= 15 is 0 Å². The molecule has 1 aliphatic heterocycles. The van der Waals surface area contributed by atoms with Crippen molar-refractivity contribution >= 4 is 11.5 Å². The Labute approximate surface area is 144 Å². The molecule has 6 heteroatoms. The van der Waals surface area contributed by atoms with Gasteiger partial charge in [0.1, 0.15) is 5.82 Å². The van der Waals surface area contributed by atoms with Gasteiger partial charge >= 0.3 is 0 Å². The average molecular weight is 331 g/mol. The monoisotopic (exact) mass is 331 g/mol. The van der Waals surface area contributed by atoms with Crippen LogP contribution < -0.4 is 5.32 Å². The SMILES string of the molecule is Cc1nc2cc(C3CCOCC3)nn2c(N[C@H](C)CN(C)C)c1C. The molecule has 1 atom stereocenters. The summed E-state index contributed by atoms with van der Waals surface area (Å²) in [6.45, 7) is 9.00. The van der Waals surface area contributed by atoms with E-state index in [4.69, 9.17) is 14.8 Å². The zero-order valence-electron chi connectivity index (χ0n) is 15.5. The summed E-state index contributed by atoms with van der Waals surface area (Å²) in [7, 11) is 4.19. The minimum absolute atomic E-state index is 0.333. The molecular weight excluding hydrogens is 302 g/mol. The van der Waals surface area contributed by atoms with E-state index in [9.17, 15) is 0 Å². The van der Waals surface area contributed by atoms with Gasteiger partial charge in [0.25, 0.3) is 0 Å². The van der Waals surface area contributed by atoms with E-state index in [0.717, 1.165) is 61.0 Å². The molecular formula is C18H29N5O. The normalized spacial score (nSPS) is 17.6. The number of nitrogens with zero attached hydrogens (tertiary/aromatic N) is 4. The van der Waals surface area contributed by atoms with Gasteiger partial charge < -0.3 is 15.0 Å². The number of anilines is 1. The summed E-state index contributed by atoms with van der Waals surface area (Å²) in [4.78, 5) is 6.93. The number of hydrogen-bond acceptors (Lipinski definition) is 5. The van der Waals surface area contributed by atoms with Crippen molar-refractivity contribution in [1.82, 2.24) is 19.5 Å². The Hall–Kier alpha value is -1.66. The molecule has 0 radical (unpaired) electrons. The third kappa shape index (κ3) is 3.54. The van der Waals surface area contributed by atoms with Crippen LogP contribution in [0, 0.1) is 13.8 Å². The molecule has 1 N–H and O–H groups in total. The molecule has 0 aromatic carbocycles. The van der Waals surface area contributed by atoms with Gasteiger partial charge in [-0.15, -0.1) is 0 Å². The van der Waals surface area contributed by atoms with E-state index < -0.39 is 0 Å². The maximum absolute atomic E-state index is 5.48. The van der Waals surface area contributed by atoms with Crippen LogP contribution in [0.25, 0.3) is 5.65 Å². The van der Waals surface area contributed by atoms with Crippen molar-refractivity contribution in [3.8, 4) is 0 Å². The molecule has 0 spiro atoms. The standard InChI is InChI=1S/C18H29N5O/c1-12(11-22(4)5)19-18-13(2)14(3)20-17-10-16(21-23(17)18)15-6-8-24-9-7-15/h10,12,15,19H,6-9,11H2,1-5H3/t12-/m1/s1. The summed E-state index contributed by atoms with van der Waals surface area (Å²) in [6, 6.07) is 2.48. The Kier molecular flexibility index (Phi) is 5.06. The number of hydrogen-bond donors (Lipinski definition) is 1. The van der Waals surface area contributed by atoms with Crippen molar-refractivity contribution < 1.29 is 4.74 Å². The third-order valence-electron chi connectivity index (χ3n) is 4.76. The van der Waals surface area contributed by atoms with E-state index in [-0.39, 0.29) is 0 Å². The fourth-order valence-electron chi connectivity index (χ4n) is 3.41. The largest absolute Gasteiger partial charge is 0.381 e. The zero-order valence-corrected chi connectivity index (χ0v) is 15.5. The lowest BCUT2D eigenvalue weighted by Gasteiger charge is -2.22. The number of aryl methyl sites for hydroxylation is 1. The fraction of sp³-hybridized carbons (Fsp3) is 0.667. The van der Waals surface area contributed by atoms with Crippen molar-refractivity contribution in [3.63, 3.8) is 0 Å². The first kappa shape index (κ1) is 17.2. The average Bonchev–Trinajstić information content (AvgIpc) is 2.95. The minimum Gasteiger partial charge on any atom is -0.381 e. The Morgan fingerprint density at radius 2 is 2.04 bits per heavy atom. The van der Waals surface area contributed by atoms with Gasteiger partial charge in [-0.05, 0) is 47.7 Å². The minimum atomic E-state index is 0.333. The van der Waals surface area contributed by atoms with Gasteiger partial charge in [0.2, 0.25) is 0 Å². The van der Waals surface area contributed by atoms with Crippen molar-refractivity contribution in [2.45, 2.75) is 45.6 Å². The number of aromatic nitrogens is 3. The summed E-state index contributed by atoms with van der Waals surface area (Å²) >= 11 is 0. The van der Waals surface area contributed by atoms with Crippen LogP contribution in [-0.2, 0) is 4.74 Å². The van der Waals surface area contributed by atoms with Crippen LogP contribution >= 0.6 is 0 Å². The number of fused-ring (bicyclic) bond motifs is 1. The lowest BCUT2D eigenvalue weighted by Crippen LogP contribution is -2.31. The van der Waals surface area contributed by atoms with Crippen molar-refractivity contribution in [1.29, 1.82) is 0 Å². The van der Waals surface area contributed by atoms with E-state index in [2.05, 4.69) is 51.1 Å². The lowest BCUT2D eigenvalue weighted by atomic mass is 9.97. The third-order valence-corrected chi connectivity index (χ3v) is 4.76. The van der Waals surface area contributed by atoms with Crippen molar-refractivity contribution in [3.05, 3.63) is 23.0 Å². The molecule has 0 saturated carbocycles. The molecule has 6 nitrogen and oxygen atoms in total. The highest BCUT2D eigenvalue weighted by molar-refractivity contribution is 5.56. The van der Waals surface area contributed by atoms with Crippen molar-refractivity contribution in [2.75, 3.05) is 39.2 Å². The summed E-state index contributed by atoms with van der Waals surface area (Å²) < 4.78 is 7.47. The Bertz CT molecular complexity index is 703. The molecule has 0 bridgehead atoms. The quantitative estimate of drug-likeness (QED) is 0.913. The van der Waals surface area contributed by atoms with Crippen LogP contribution in [0.1, 0.15) is 42.6 Å². The Morgan fingerprint density at radius 1 is 1.33 bits per heavy atom. The second-order valence-corrected chi connectivity index (χ2v) is 7.20. The van der Waals surface area contributed by atoms with E-state index in [1.165, 1.54) is 0 Å². The van der Waals surface area contributed by atoms with Crippen LogP contribution in [0.5, 0.6) is 0 Å². The number of rotatable bonds is 5. The smallest absolute Gasteiger partial charge is 0.157 e. The maximum atomic E-state index is 5.48. The Balaban J connectivity index is 1.96. The molecule has 0 aliphatic carbocycles. The van der Waals surface area contributed by atoms with E-state index in [1.54, 1.807) is 0 Å². The molecule has 132 valence electrons. The molecule has 2 aromatic rings. The maximum Gasteiger partial charge on any atom is 0.157 e. The van der Waals surface area contributed by atoms with Gasteiger partial charge in [0, 0.05) is 49.0 Å². The lowest BCUT2D eigenvalue weighted by molar-refractivity contribution is 0.0844. The fourth-order valence-corrected chi connectivity index (χ4v) is 3.41.